The van der Waals surface area contributed by atoms with E-state index in [1.54, 1.807) is 0 Å². The van der Waals surface area contributed by atoms with Crippen molar-refractivity contribution in [2.24, 2.45) is 5.92 Å². The molecule has 1 N–H and O–H groups in total. The SMILES string of the molecule is CCCC1CC(NC2CCCC2)CN(C2CCCC2)C1. The number of rotatable bonds is 5. The van der Waals surface area contributed by atoms with Gasteiger partial charge in [-0.05, 0) is 44.4 Å². The molecule has 2 saturated carbocycles. The lowest BCUT2D eigenvalue weighted by atomic mass is 9.89. The zero-order valence-electron chi connectivity index (χ0n) is 13.4. The van der Waals surface area contributed by atoms with Gasteiger partial charge in [0.15, 0.2) is 0 Å². The maximum absolute atomic E-state index is 4.02. The van der Waals surface area contributed by atoms with Gasteiger partial charge in [0.2, 0.25) is 0 Å². The molecule has 2 heteroatoms. The van der Waals surface area contributed by atoms with Gasteiger partial charge >= 0.3 is 0 Å². The van der Waals surface area contributed by atoms with Crippen LogP contribution >= 0.6 is 0 Å². The van der Waals surface area contributed by atoms with Crippen molar-refractivity contribution in [1.82, 2.24) is 10.2 Å². The lowest BCUT2D eigenvalue weighted by Gasteiger charge is -2.42. The van der Waals surface area contributed by atoms with Crippen LogP contribution in [0, 0.1) is 5.92 Å². The van der Waals surface area contributed by atoms with E-state index in [9.17, 15) is 0 Å². The quantitative estimate of drug-likeness (QED) is 0.819. The Kier molecular flexibility index (Phi) is 5.39. The summed E-state index contributed by atoms with van der Waals surface area (Å²) in [7, 11) is 0. The van der Waals surface area contributed by atoms with Gasteiger partial charge in [-0.1, -0.05) is 39.0 Å². The number of likely N-dealkylation sites (tertiary alicyclic amines) is 1. The molecular weight excluding hydrogens is 244 g/mol. The molecule has 2 unspecified atom stereocenters. The van der Waals surface area contributed by atoms with E-state index in [4.69, 9.17) is 0 Å². The summed E-state index contributed by atoms with van der Waals surface area (Å²) in [5.74, 6) is 0.952. The van der Waals surface area contributed by atoms with Gasteiger partial charge in [0, 0.05) is 31.2 Å². The fourth-order valence-electron chi connectivity index (χ4n) is 4.97. The van der Waals surface area contributed by atoms with E-state index >= 15 is 0 Å². The van der Waals surface area contributed by atoms with Crippen LogP contribution in [0.5, 0.6) is 0 Å². The maximum atomic E-state index is 4.02. The summed E-state index contributed by atoms with van der Waals surface area (Å²) in [6, 6.07) is 2.54. The van der Waals surface area contributed by atoms with E-state index in [1.807, 2.05) is 0 Å². The molecule has 0 aromatic carbocycles. The highest BCUT2D eigenvalue weighted by Crippen LogP contribution is 2.30. The predicted octanol–water partition coefficient (Wildman–Crippen LogP) is 3.95. The second-order valence-corrected chi connectivity index (χ2v) is 7.63. The lowest BCUT2D eigenvalue weighted by Crippen LogP contribution is -2.53. The zero-order valence-corrected chi connectivity index (χ0v) is 13.4. The molecule has 3 fully saturated rings. The topological polar surface area (TPSA) is 15.3 Å². The van der Waals surface area contributed by atoms with Crippen LogP contribution < -0.4 is 5.32 Å². The fraction of sp³-hybridized carbons (Fsp3) is 1.00. The molecule has 0 aromatic heterocycles. The Morgan fingerprint density at radius 2 is 1.60 bits per heavy atom. The third-order valence-corrected chi connectivity index (χ3v) is 5.93. The van der Waals surface area contributed by atoms with Crippen LogP contribution in [0.4, 0.5) is 0 Å². The Balaban J connectivity index is 1.56. The van der Waals surface area contributed by atoms with Crippen LogP contribution in [-0.4, -0.2) is 36.1 Å². The molecule has 0 radical (unpaired) electrons. The number of hydrogen-bond acceptors (Lipinski definition) is 2. The summed E-state index contributed by atoms with van der Waals surface area (Å²) in [4.78, 5) is 2.86. The lowest BCUT2D eigenvalue weighted by molar-refractivity contribution is 0.0909. The second kappa shape index (κ2) is 7.26. The summed E-state index contributed by atoms with van der Waals surface area (Å²) in [6.07, 6.45) is 15.9. The standard InChI is InChI=1S/C18H34N2/c1-2-7-15-12-17(19-16-8-3-4-9-16)14-20(13-15)18-10-5-6-11-18/h15-19H,2-14H2,1H3. The molecule has 1 saturated heterocycles. The molecule has 1 aliphatic heterocycles. The Labute approximate surface area is 125 Å². The molecule has 0 bridgehead atoms. The van der Waals surface area contributed by atoms with Crippen LogP contribution in [-0.2, 0) is 0 Å². The Hall–Kier alpha value is -0.0800. The van der Waals surface area contributed by atoms with Crippen molar-refractivity contribution in [3.63, 3.8) is 0 Å². The van der Waals surface area contributed by atoms with Gasteiger partial charge in [-0.15, -0.1) is 0 Å². The van der Waals surface area contributed by atoms with E-state index in [0.717, 1.165) is 24.0 Å². The third kappa shape index (κ3) is 3.76. The van der Waals surface area contributed by atoms with E-state index in [0.29, 0.717) is 0 Å². The molecule has 3 aliphatic rings. The van der Waals surface area contributed by atoms with Gasteiger partial charge in [-0.3, -0.25) is 4.90 Å². The molecule has 0 spiro atoms. The van der Waals surface area contributed by atoms with Crippen molar-refractivity contribution in [2.45, 2.75) is 95.7 Å². The first kappa shape index (κ1) is 14.8. The van der Waals surface area contributed by atoms with Crippen LogP contribution in [0.15, 0.2) is 0 Å². The van der Waals surface area contributed by atoms with Crippen LogP contribution in [0.3, 0.4) is 0 Å². The Morgan fingerprint density at radius 3 is 2.30 bits per heavy atom. The number of nitrogens with zero attached hydrogens (tertiary/aromatic N) is 1. The Morgan fingerprint density at radius 1 is 0.900 bits per heavy atom. The van der Waals surface area contributed by atoms with Crippen molar-refractivity contribution in [1.29, 1.82) is 0 Å². The summed E-state index contributed by atoms with van der Waals surface area (Å²) in [5.41, 5.74) is 0. The van der Waals surface area contributed by atoms with Gasteiger partial charge < -0.3 is 5.32 Å². The number of hydrogen-bond donors (Lipinski definition) is 1. The summed E-state index contributed by atoms with van der Waals surface area (Å²) >= 11 is 0. The largest absolute Gasteiger partial charge is 0.310 e. The predicted molar refractivity (Wildman–Crippen MR) is 86.0 cm³/mol. The zero-order chi connectivity index (χ0) is 13.8. The van der Waals surface area contributed by atoms with E-state index in [-0.39, 0.29) is 0 Å². The minimum atomic E-state index is 0.781. The molecule has 0 aromatic rings. The molecule has 2 atom stereocenters. The Bertz CT molecular complexity index is 279. The van der Waals surface area contributed by atoms with Gasteiger partial charge in [0.25, 0.3) is 0 Å². The van der Waals surface area contributed by atoms with E-state index < -0.39 is 0 Å². The van der Waals surface area contributed by atoms with Crippen molar-refractivity contribution in [3.8, 4) is 0 Å². The molecule has 1 heterocycles. The third-order valence-electron chi connectivity index (χ3n) is 5.93. The van der Waals surface area contributed by atoms with Gasteiger partial charge in [-0.25, -0.2) is 0 Å². The van der Waals surface area contributed by atoms with Crippen molar-refractivity contribution < 1.29 is 0 Å². The minimum Gasteiger partial charge on any atom is -0.310 e. The first-order valence-electron chi connectivity index (χ1n) is 9.35. The van der Waals surface area contributed by atoms with Gasteiger partial charge in [0.1, 0.15) is 0 Å². The molecular formula is C18H34N2. The molecule has 2 nitrogen and oxygen atoms in total. The highest BCUT2D eigenvalue weighted by Gasteiger charge is 2.33. The fourth-order valence-corrected chi connectivity index (χ4v) is 4.97. The van der Waals surface area contributed by atoms with Crippen molar-refractivity contribution in [2.75, 3.05) is 13.1 Å². The average Bonchev–Trinajstić information content (AvgIpc) is 3.11. The smallest absolute Gasteiger partial charge is 0.0200 e. The highest BCUT2D eigenvalue weighted by molar-refractivity contribution is 4.90. The first-order valence-corrected chi connectivity index (χ1v) is 9.35. The molecule has 116 valence electrons. The van der Waals surface area contributed by atoms with Crippen molar-refractivity contribution in [3.05, 3.63) is 0 Å². The second-order valence-electron chi connectivity index (χ2n) is 7.63. The monoisotopic (exact) mass is 278 g/mol. The van der Waals surface area contributed by atoms with E-state index in [2.05, 4.69) is 17.1 Å². The summed E-state index contributed by atoms with van der Waals surface area (Å²) in [6.45, 7) is 5.08. The van der Waals surface area contributed by atoms with Crippen molar-refractivity contribution >= 4 is 0 Å². The summed E-state index contributed by atoms with van der Waals surface area (Å²) < 4.78 is 0. The molecule has 2 aliphatic carbocycles. The van der Waals surface area contributed by atoms with Crippen LogP contribution in [0.1, 0.15) is 77.6 Å². The van der Waals surface area contributed by atoms with Gasteiger partial charge in [0.05, 0.1) is 0 Å². The first-order chi connectivity index (χ1) is 9.85. The number of nitrogens with one attached hydrogen (secondary N) is 1. The van der Waals surface area contributed by atoms with E-state index in [1.165, 1.54) is 83.7 Å². The highest BCUT2D eigenvalue weighted by atomic mass is 15.2. The van der Waals surface area contributed by atoms with Gasteiger partial charge in [-0.2, -0.15) is 0 Å². The molecule has 20 heavy (non-hydrogen) atoms. The summed E-state index contributed by atoms with van der Waals surface area (Å²) in [5, 5.41) is 4.02. The molecule has 0 amide bonds. The minimum absolute atomic E-state index is 0.781. The van der Waals surface area contributed by atoms with Crippen LogP contribution in [0.2, 0.25) is 0 Å². The maximum Gasteiger partial charge on any atom is 0.0200 e. The van der Waals surface area contributed by atoms with Crippen LogP contribution in [0.25, 0.3) is 0 Å². The normalized spacial score (nSPS) is 34.0. The number of piperidine rings is 1. The average molecular weight is 278 g/mol. The molecule has 3 rings (SSSR count).